The first-order chi connectivity index (χ1) is 18.0. The van der Waals surface area contributed by atoms with Crippen LogP contribution in [0.3, 0.4) is 0 Å². The van der Waals surface area contributed by atoms with E-state index in [-0.39, 0.29) is 23.1 Å². The summed E-state index contributed by atoms with van der Waals surface area (Å²) in [5.74, 6) is 0.161. The molecule has 3 aromatic rings. The van der Waals surface area contributed by atoms with Crippen molar-refractivity contribution in [3.63, 3.8) is 0 Å². The Hall–Kier alpha value is -4.30. The topological polar surface area (TPSA) is 92.3 Å². The Morgan fingerprint density at radius 2 is 1.68 bits per heavy atom. The lowest BCUT2D eigenvalue weighted by Gasteiger charge is -2.21. The van der Waals surface area contributed by atoms with Gasteiger partial charge in [0.1, 0.15) is 5.70 Å². The van der Waals surface area contributed by atoms with Gasteiger partial charge in [-0.25, -0.2) is 5.43 Å². The van der Waals surface area contributed by atoms with Crippen LogP contribution in [0.25, 0.3) is 6.08 Å². The Morgan fingerprint density at radius 1 is 0.973 bits per heavy atom. The number of benzene rings is 3. The molecule has 2 N–H and O–H groups in total. The number of ether oxygens (including phenoxy) is 2. The van der Waals surface area contributed by atoms with E-state index in [2.05, 4.69) is 34.6 Å². The molecule has 9 heteroatoms. The minimum atomic E-state index is -0.592. The summed E-state index contributed by atoms with van der Waals surface area (Å²) in [4.78, 5) is 28.2. The van der Waals surface area contributed by atoms with Crippen molar-refractivity contribution in [2.24, 2.45) is 5.10 Å². The zero-order chi connectivity index (χ0) is 26.2. The molecule has 0 saturated heterocycles. The number of nitrogens with zero attached hydrogens (tertiary/aromatic N) is 2. The largest absolute Gasteiger partial charge is 0.454 e. The molecule has 0 saturated carbocycles. The minimum absolute atomic E-state index is 0.0170. The fourth-order valence-electron chi connectivity index (χ4n) is 3.75. The maximum absolute atomic E-state index is 13.1. The summed E-state index contributed by atoms with van der Waals surface area (Å²) in [6.07, 6.45) is 3.07. The highest BCUT2D eigenvalue weighted by Gasteiger charge is 2.17. The predicted molar refractivity (Wildman–Crippen MR) is 145 cm³/mol. The molecule has 0 aliphatic carbocycles. The standard InChI is InChI=1S/C28H27ClN4O4/c1-3-33(4-2)21-12-9-19(10-13-21)15-24(31-27(34)22-7-5-6-8-23(22)29)28(35)32-30-17-20-11-14-25-26(16-20)37-18-36-25/h5-17H,3-4,18H2,1-2H3,(H,31,34)(H,32,35)/b24-15+,30-17-. The molecule has 3 aromatic carbocycles. The van der Waals surface area contributed by atoms with Gasteiger partial charge in [-0.15, -0.1) is 0 Å². The average molecular weight is 519 g/mol. The molecule has 2 amide bonds. The Bertz CT molecular complexity index is 1330. The number of hydrogen-bond donors (Lipinski definition) is 2. The third kappa shape index (κ3) is 6.48. The lowest BCUT2D eigenvalue weighted by Crippen LogP contribution is -2.33. The number of rotatable bonds is 9. The molecule has 0 atom stereocenters. The molecular weight excluding hydrogens is 492 g/mol. The van der Waals surface area contributed by atoms with Crippen LogP contribution in [-0.2, 0) is 4.79 Å². The van der Waals surface area contributed by atoms with E-state index in [1.54, 1.807) is 48.5 Å². The number of nitrogens with one attached hydrogen (secondary N) is 2. The summed E-state index contributed by atoms with van der Waals surface area (Å²) < 4.78 is 10.7. The van der Waals surface area contributed by atoms with Crippen molar-refractivity contribution in [1.29, 1.82) is 0 Å². The van der Waals surface area contributed by atoms with Gasteiger partial charge < -0.3 is 19.7 Å². The van der Waals surface area contributed by atoms with E-state index >= 15 is 0 Å². The smallest absolute Gasteiger partial charge is 0.287 e. The Labute approximate surface area is 220 Å². The van der Waals surface area contributed by atoms with Crippen LogP contribution in [0.1, 0.15) is 35.3 Å². The molecule has 0 unspecified atom stereocenters. The van der Waals surface area contributed by atoms with Crippen LogP contribution in [0, 0.1) is 0 Å². The van der Waals surface area contributed by atoms with E-state index in [4.69, 9.17) is 21.1 Å². The van der Waals surface area contributed by atoms with Crippen molar-refractivity contribution in [2.45, 2.75) is 13.8 Å². The first-order valence-electron chi connectivity index (χ1n) is 11.8. The molecule has 0 spiro atoms. The molecule has 190 valence electrons. The van der Waals surface area contributed by atoms with Gasteiger partial charge in [0, 0.05) is 18.8 Å². The zero-order valence-electron chi connectivity index (χ0n) is 20.5. The summed E-state index contributed by atoms with van der Waals surface area (Å²) in [6, 6.07) is 19.7. The molecule has 0 fully saturated rings. The van der Waals surface area contributed by atoms with E-state index in [0.29, 0.717) is 17.1 Å². The van der Waals surface area contributed by atoms with E-state index < -0.39 is 11.8 Å². The van der Waals surface area contributed by atoms with E-state index in [1.807, 2.05) is 24.3 Å². The van der Waals surface area contributed by atoms with Crippen LogP contribution in [0.15, 0.2) is 77.5 Å². The summed E-state index contributed by atoms with van der Waals surface area (Å²) in [5, 5.41) is 6.99. The molecule has 0 radical (unpaired) electrons. The highest BCUT2D eigenvalue weighted by molar-refractivity contribution is 6.34. The molecule has 8 nitrogen and oxygen atoms in total. The normalized spacial score (nSPS) is 12.5. The van der Waals surface area contributed by atoms with Gasteiger partial charge in [0.05, 0.1) is 16.8 Å². The predicted octanol–water partition coefficient (Wildman–Crippen LogP) is 4.84. The number of carbonyl (C=O) groups excluding carboxylic acids is 2. The first kappa shape index (κ1) is 25.8. The number of carbonyl (C=O) groups is 2. The van der Waals surface area contributed by atoms with Crippen molar-refractivity contribution >= 4 is 41.4 Å². The lowest BCUT2D eigenvalue weighted by atomic mass is 10.1. The van der Waals surface area contributed by atoms with Crippen molar-refractivity contribution in [1.82, 2.24) is 10.7 Å². The maximum Gasteiger partial charge on any atom is 0.287 e. The Balaban J connectivity index is 1.54. The highest BCUT2D eigenvalue weighted by atomic mass is 35.5. The van der Waals surface area contributed by atoms with Crippen LogP contribution in [0.4, 0.5) is 5.69 Å². The van der Waals surface area contributed by atoms with Crippen LogP contribution in [-0.4, -0.2) is 37.9 Å². The van der Waals surface area contributed by atoms with Crippen LogP contribution in [0.2, 0.25) is 5.02 Å². The second-order valence-electron chi connectivity index (χ2n) is 8.07. The second-order valence-corrected chi connectivity index (χ2v) is 8.47. The summed E-state index contributed by atoms with van der Waals surface area (Å²) in [7, 11) is 0. The lowest BCUT2D eigenvalue weighted by molar-refractivity contribution is -0.117. The molecule has 4 rings (SSSR count). The van der Waals surface area contributed by atoms with Gasteiger partial charge in [-0.3, -0.25) is 9.59 Å². The molecule has 0 bridgehead atoms. The van der Waals surface area contributed by atoms with Gasteiger partial charge >= 0.3 is 0 Å². The molecule has 1 heterocycles. The Morgan fingerprint density at radius 3 is 2.41 bits per heavy atom. The minimum Gasteiger partial charge on any atom is -0.454 e. The zero-order valence-corrected chi connectivity index (χ0v) is 21.3. The van der Waals surface area contributed by atoms with E-state index in [1.165, 1.54) is 6.21 Å². The second kappa shape index (κ2) is 12.1. The first-order valence-corrected chi connectivity index (χ1v) is 12.2. The van der Waals surface area contributed by atoms with Gasteiger partial charge in [-0.1, -0.05) is 35.9 Å². The van der Waals surface area contributed by atoms with Gasteiger partial charge in [-0.05, 0) is 73.5 Å². The third-order valence-corrected chi connectivity index (χ3v) is 6.05. The van der Waals surface area contributed by atoms with E-state index in [9.17, 15) is 9.59 Å². The van der Waals surface area contributed by atoms with Crippen molar-refractivity contribution in [2.75, 3.05) is 24.8 Å². The monoisotopic (exact) mass is 518 g/mol. The molecule has 1 aliphatic heterocycles. The van der Waals surface area contributed by atoms with Gasteiger partial charge in [-0.2, -0.15) is 5.10 Å². The van der Waals surface area contributed by atoms with Gasteiger partial charge in [0.25, 0.3) is 11.8 Å². The SMILES string of the molecule is CCN(CC)c1ccc(/C=C(/NC(=O)c2ccccc2Cl)C(=O)N/N=C\c2ccc3c(c2)OCO3)cc1. The number of hydrogen-bond acceptors (Lipinski definition) is 6. The number of amides is 2. The molecular formula is C28H27ClN4O4. The average Bonchev–Trinajstić information content (AvgIpc) is 3.38. The summed E-state index contributed by atoms with van der Waals surface area (Å²) in [6.45, 7) is 6.12. The van der Waals surface area contributed by atoms with Crippen LogP contribution >= 0.6 is 11.6 Å². The van der Waals surface area contributed by atoms with E-state index in [0.717, 1.165) is 24.3 Å². The van der Waals surface area contributed by atoms with Crippen LogP contribution < -0.4 is 25.1 Å². The number of halogens is 1. The quantitative estimate of drug-likeness (QED) is 0.240. The molecule has 37 heavy (non-hydrogen) atoms. The van der Waals surface area contributed by atoms with Gasteiger partial charge in [0.2, 0.25) is 6.79 Å². The number of hydrazone groups is 1. The van der Waals surface area contributed by atoms with Crippen molar-refractivity contribution in [3.05, 3.63) is 94.1 Å². The fourth-order valence-corrected chi connectivity index (χ4v) is 3.97. The van der Waals surface area contributed by atoms with Crippen LogP contribution in [0.5, 0.6) is 11.5 Å². The van der Waals surface area contributed by atoms with Crippen molar-refractivity contribution < 1.29 is 19.1 Å². The van der Waals surface area contributed by atoms with Gasteiger partial charge in [0.15, 0.2) is 11.5 Å². The molecule has 0 aromatic heterocycles. The Kier molecular flexibility index (Phi) is 8.43. The summed E-state index contributed by atoms with van der Waals surface area (Å²) in [5.41, 5.74) is 5.26. The van der Waals surface area contributed by atoms with Crippen molar-refractivity contribution in [3.8, 4) is 11.5 Å². The highest BCUT2D eigenvalue weighted by Crippen LogP contribution is 2.32. The molecule has 1 aliphatic rings. The maximum atomic E-state index is 13.1. The summed E-state index contributed by atoms with van der Waals surface area (Å²) >= 11 is 6.18. The number of fused-ring (bicyclic) bond motifs is 1. The fraction of sp³-hybridized carbons (Fsp3) is 0.179. The number of anilines is 1. The third-order valence-electron chi connectivity index (χ3n) is 5.72.